The van der Waals surface area contributed by atoms with Crippen molar-refractivity contribution < 1.29 is 13.2 Å². The summed E-state index contributed by atoms with van der Waals surface area (Å²) < 4.78 is 34.7. The summed E-state index contributed by atoms with van der Waals surface area (Å²) in [5.41, 5.74) is 1.13. The molecule has 7 nitrogen and oxygen atoms in total. The molecule has 0 aliphatic heterocycles. The molecular formula is C11H12Br2N4O3S. The Morgan fingerprint density at radius 1 is 1.38 bits per heavy atom. The lowest BCUT2D eigenvalue weighted by Crippen LogP contribution is -2.18. The molecule has 0 unspecified atom stereocenters. The first-order valence-corrected chi connectivity index (χ1v) is 8.78. The van der Waals surface area contributed by atoms with Gasteiger partial charge in [-0.15, -0.1) is 5.10 Å². The molecule has 114 valence electrons. The molecule has 2 rings (SSSR count). The maximum absolute atomic E-state index is 12.5. The molecule has 1 heterocycles. The molecule has 10 heteroatoms. The van der Waals surface area contributed by atoms with E-state index in [1.807, 2.05) is 6.07 Å². The van der Waals surface area contributed by atoms with Gasteiger partial charge in [0, 0.05) is 24.2 Å². The fourth-order valence-electron chi connectivity index (χ4n) is 1.75. The summed E-state index contributed by atoms with van der Waals surface area (Å²) in [6.07, 6.45) is 0. The second kappa shape index (κ2) is 6.42. The molecule has 0 spiro atoms. The Bertz CT molecular complexity index is 741. The average molecular weight is 440 g/mol. The largest absolute Gasteiger partial charge is 0.380 e. The highest BCUT2D eigenvalue weighted by Gasteiger charge is 2.25. The van der Waals surface area contributed by atoms with Crippen molar-refractivity contribution in [2.24, 2.45) is 7.05 Å². The molecule has 0 aliphatic carbocycles. The van der Waals surface area contributed by atoms with Crippen LogP contribution in [0.4, 0.5) is 5.69 Å². The van der Waals surface area contributed by atoms with Gasteiger partial charge in [-0.05, 0) is 28.1 Å². The van der Waals surface area contributed by atoms with Gasteiger partial charge in [0.2, 0.25) is 5.03 Å². The topological polar surface area (TPSA) is 86.1 Å². The van der Waals surface area contributed by atoms with Gasteiger partial charge in [-0.25, -0.2) is 4.68 Å². The number of sulfonamides is 1. The van der Waals surface area contributed by atoms with Crippen LogP contribution >= 0.6 is 31.9 Å². The third-order valence-electron chi connectivity index (χ3n) is 2.64. The molecule has 0 bridgehead atoms. The highest BCUT2D eigenvalue weighted by molar-refractivity contribution is 9.10. The van der Waals surface area contributed by atoms with Crippen molar-refractivity contribution in [2.75, 3.05) is 11.8 Å². The first-order valence-electron chi connectivity index (χ1n) is 5.71. The van der Waals surface area contributed by atoms with Crippen LogP contribution in [0.1, 0.15) is 5.56 Å². The fraction of sp³-hybridized carbons (Fsp3) is 0.273. The lowest BCUT2D eigenvalue weighted by atomic mass is 10.2. The van der Waals surface area contributed by atoms with Crippen molar-refractivity contribution in [3.05, 3.63) is 32.8 Å². The van der Waals surface area contributed by atoms with E-state index >= 15 is 0 Å². The van der Waals surface area contributed by atoms with E-state index in [0.29, 0.717) is 11.3 Å². The van der Waals surface area contributed by atoms with Crippen LogP contribution in [0.5, 0.6) is 0 Å². The smallest absolute Gasteiger partial charge is 0.281 e. The van der Waals surface area contributed by atoms with E-state index in [1.54, 1.807) is 19.2 Å². The highest BCUT2D eigenvalue weighted by Crippen LogP contribution is 2.28. The fourth-order valence-corrected chi connectivity index (χ4v) is 4.42. The molecule has 1 aromatic heterocycles. The summed E-state index contributed by atoms with van der Waals surface area (Å²) in [4.78, 5) is 0. The number of rotatable bonds is 5. The van der Waals surface area contributed by atoms with E-state index in [-0.39, 0.29) is 16.2 Å². The lowest BCUT2D eigenvalue weighted by Gasteiger charge is -2.13. The predicted octanol–water partition coefficient (Wildman–Crippen LogP) is 2.29. The number of nitrogens with one attached hydrogen (secondary N) is 1. The van der Waals surface area contributed by atoms with Crippen LogP contribution in [-0.4, -0.2) is 30.5 Å². The van der Waals surface area contributed by atoms with Crippen molar-refractivity contribution in [3.63, 3.8) is 0 Å². The molecule has 1 aromatic carbocycles. The van der Waals surface area contributed by atoms with E-state index < -0.39 is 10.0 Å². The molecule has 0 fully saturated rings. The predicted molar refractivity (Wildman–Crippen MR) is 84.4 cm³/mol. The Balaban J connectivity index is 2.45. The van der Waals surface area contributed by atoms with Crippen molar-refractivity contribution >= 4 is 47.6 Å². The van der Waals surface area contributed by atoms with Gasteiger partial charge in [0.05, 0.1) is 12.3 Å². The Kier molecular flexibility index (Phi) is 5.02. The van der Waals surface area contributed by atoms with Crippen LogP contribution in [0, 0.1) is 0 Å². The Hall–Kier alpha value is -0.970. The number of hydrogen-bond acceptors (Lipinski definition) is 5. The number of hydrogen-bond donors (Lipinski definition) is 1. The van der Waals surface area contributed by atoms with Crippen LogP contribution in [0.3, 0.4) is 0 Å². The minimum atomic E-state index is -3.82. The van der Waals surface area contributed by atoms with E-state index in [2.05, 4.69) is 46.9 Å². The second-order valence-electron chi connectivity index (χ2n) is 4.11. The van der Waals surface area contributed by atoms with Gasteiger partial charge in [-0.2, -0.15) is 8.42 Å². The molecule has 0 radical (unpaired) electrons. The summed E-state index contributed by atoms with van der Waals surface area (Å²) in [5, 5.41) is 7.29. The molecule has 2 aromatic rings. The zero-order chi connectivity index (χ0) is 15.6. The third-order valence-corrected chi connectivity index (χ3v) is 5.64. The van der Waals surface area contributed by atoms with Crippen LogP contribution < -0.4 is 4.72 Å². The summed E-state index contributed by atoms with van der Waals surface area (Å²) in [7, 11) is -0.780. The number of halogens is 2. The second-order valence-corrected chi connectivity index (χ2v) is 7.32. The van der Waals surface area contributed by atoms with Gasteiger partial charge in [0.25, 0.3) is 10.0 Å². The minimum absolute atomic E-state index is 0.0501. The zero-order valence-corrected chi connectivity index (χ0v) is 15.2. The van der Waals surface area contributed by atoms with Gasteiger partial charge in [-0.1, -0.05) is 27.2 Å². The number of ether oxygens (including phenoxy) is 1. The van der Waals surface area contributed by atoms with Crippen molar-refractivity contribution in [2.45, 2.75) is 11.6 Å². The summed E-state index contributed by atoms with van der Waals surface area (Å²) in [5.74, 6) is 0. The Morgan fingerprint density at radius 3 is 2.67 bits per heavy atom. The number of methoxy groups -OCH3 is 1. The summed E-state index contributed by atoms with van der Waals surface area (Å²) in [6.45, 7) is 0.268. The van der Waals surface area contributed by atoms with Crippen LogP contribution in [0.25, 0.3) is 0 Å². The number of anilines is 1. The van der Waals surface area contributed by atoms with Crippen molar-refractivity contribution in [1.82, 2.24) is 15.0 Å². The van der Waals surface area contributed by atoms with E-state index in [4.69, 9.17) is 4.74 Å². The average Bonchev–Trinajstić information content (AvgIpc) is 2.73. The molecule has 0 saturated carbocycles. The number of benzene rings is 1. The van der Waals surface area contributed by atoms with Gasteiger partial charge in [0.15, 0.2) is 4.60 Å². The van der Waals surface area contributed by atoms with Crippen molar-refractivity contribution in [3.8, 4) is 0 Å². The van der Waals surface area contributed by atoms with Crippen LogP contribution in [-0.2, 0) is 28.4 Å². The quantitative estimate of drug-likeness (QED) is 0.772. The normalized spacial score (nSPS) is 11.6. The number of nitrogens with zero attached hydrogens (tertiary/aromatic N) is 3. The maximum Gasteiger partial charge on any atom is 0.281 e. The molecule has 1 N–H and O–H groups in total. The third kappa shape index (κ3) is 3.44. The molecule has 21 heavy (non-hydrogen) atoms. The first-order chi connectivity index (χ1) is 9.86. The standard InChI is InChI=1S/C11H12Br2N4O3S/c1-17-11(10(13)14-16-17)21(18,19)15-9-5-3-4-8(12)7(9)6-20-2/h3-5,15H,6H2,1-2H3. The summed E-state index contributed by atoms with van der Waals surface area (Å²) in [6, 6.07) is 5.21. The maximum atomic E-state index is 12.5. The first kappa shape index (κ1) is 16.4. The lowest BCUT2D eigenvalue weighted by molar-refractivity contribution is 0.185. The monoisotopic (exact) mass is 438 g/mol. The molecule has 0 aliphatic rings. The van der Waals surface area contributed by atoms with Gasteiger partial charge < -0.3 is 4.74 Å². The van der Waals surface area contributed by atoms with Gasteiger partial charge in [0.1, 0.15) is 0 Å². The Morgan fingerprint density at radius 2 is 2.10 bits per heavy atom. The summed E-state index contributed by atoms with van der Waals surface area (Å²) >= 11 is 6.46. The minimum Gasteiger partial charge on any atom is -0.380 e. The van der Waals surface area contributed by atoms with Crippen LogP contribution in [0.15, 0.2) is 32.3 Å². The SMILES string of the molecule is COCc1c(Br)cccc1NS(=O)(=O)c1c(Br)nnn1C. The van der Waals surface area contributed by atoms with Crippen molar-refractivity contribution in [1.29, 1.82) is 0 Å². The van der Waals surface area contributed by atoms with Gasteiger partial charge >= 0.3 is 0 Å². The number of aromatic nitrogens is 3. The van der Waals surface area contributed by atoms with E-state index in [9.17, 15) is 8.42 Å². The highest BCUT2D eigenvalue weighted by atomic mass is 79.9. The van der Waals surface area contributed by atoms with E-state index in [0.717, 1.165) is 4.47 Å². The molecule has 0 amide bonds. The molecule has 0 atom stereocenters. The zero-order valence-electron chi connectivity index (χ0n) is 11.2. The molecular weight excluding hydrogens is 428 g/mol. The Labute approximate surface area is 139 Å². The van der Waals surface area contributed by atoms with Gasteiger partial charge in [-0.3, -0.25) is 4.72 Å². The van der Waals surface area contributed by atoms with E-state index in [1.165, 1.54) is 11.7 Å². The number of aryl methyl sites for hydroxylation is 1. The van der Waals surface area contributed by atoms with Crippen LogP contribution in [0.2, 0.25) is 0 Å². The molecule has 0 saturated heterocycles.